The van der Waals surface area contributed by atoms with Crippen LogP contribution >= 0.6 is 0 Å². The lowest BCUT2D eigenvalue weighted by atomic mass is 10.00. The first kappa shape index (κ1) is 14.3. The number of carbonyl (C=O) groups excluding carboxylic acids is 1. The Balaban J connectivity index is 1.71. The molecule has 0 saturated heterocycles. The molecular weight excluding hydrogens is 274 g/mol. The van der Waals surface area contributed by atoms with Gasteiger partial charge < -0.3 is 4.74 Å². The normalized spacial score (nSPS) is 16.8. The van der Waals surface area contributed by atoms with E-state index >= 15 is 0 Å². The van der Waals surface area contributed by atoms with Crippen molar-refractivity contribution in [1.29, 1.82) is 0 Å². The predicted octanol–water partition coefficient (Wildman–Crippen LogP) is 3.75. The largest absolute Gasteiger partial charge is 0.467 e. The minimum absolute atomic E-state index is 0.0592. The van der Waals surface area contributed by atoms with Crippen LogP contribution in [-0.4, -0.2) is 24.3 Å². The van der Waals surface area contributed by atoms with Gasteiger partial charge in [-0.25, -0.2) is 4.99 Å². The van der Waals surface area contributed by atoms with Gasteiger partial charge in [0.05, 0.1) is 6.54 Å². The number of nitrogens with zero attached hydrogens (tertiary/aromatic N) is 1. The van der Waals surface area contributed by atoms with Gasteiger partial charge in [0.2, 0.25) is 5.90 Å². The Bertz CT molecular complexity index is 730. The van der Waals surface area contributed by atoms with Gasteiger partial charge in [0.1, 0.15) is 6.10 Å². The highest BCUT2D eigenvalue weighted by Gasteiger charge is 2.24. The second-order valence-corrected chi connectivity index (χ2v) is 5.28. The first-order chi connectivity index (χ1) is 10.6. The van der Waals surface area contributed by atoms with Gasteiger partial charge in [0.15, 0.2) is 5.78 Å². The van der Waals surface area contributed by atoms with Crippen LogP contribution in [0.3, 0.4) is 0 Å². The number of benzene rings is 2. The van der Waals surface area contributed by atoms with Crippen molar-refractivity contribution in [3.05, 3.63) is 77.9 Å². The van der Waals surface area contributed by atoms with Crippen LogP contribution in [0.2, 0.25) is 0 Å². The van der Waals surface area contributed by atoms with Crippen LogP contribution in [0.5, 0.6) is 0 Å². The third-order valence-electron chi connectivity index (χ3n) is 3.73. The Hall–Kier alpha value is -2.68. The number of aliphatic imine (C=N–C) groups is 1. The van der Waals surface area contributed by atoms with Crippen molar-refractivity contribution >= 4 is 17.3 Å². The molecule has 0 N–H and O–H groups in total. The lowest BCUT2D eigenvalue weighted by molar-refractivity contribution is 0.101. The molecule has 3 heteroatoms. The molecule has 0 spiro atoms. The van der Waals surface area contributed by atoms with E-state index in [-0.39, 0.29) is 11.9 Å². The molecule has 0 fully saturated rings. The molecule has 3 rings (SSSR count). The number of Topliss-reactive ketones (excluding diaryl/α,β-unsaturated/α-hetero) is 1. The van der Waals surface area contributed by atoms with Crippen LogP contribution in [0.25, 0.3) is 5.57 Å². The highest BCUT2D eigenvalue weighted by Crippen LogP contribution is 2.24. The monoisotopic (exact) mass is 291 g/mol. The summed E-state index contributed by atoms with van der Waals surface area (Å²) in [5.41, 5.74) is 3.53. The molecule has 0 radical (unpaired) electrons. The van der Waals surface area contributed by atoms with Crippen LogP contribution in [-0.2, 0) is 4.74 Å². The average molecular weight is 291 g/mol. The van der Waals surface area contributed by atoms with Crippen LogP contribution in [0.1, 0.15) is 28.4 Å². The molecule has 3 nitrogen and oxygen atoms in total. The first-order valence-electron chi connectivity index (χ1n) is 7.22. The molecule has 0 bridgehead atoms. The molecule has 2 aromatic rings. The van der Waals surface area contributed by atoms with Gasteiger partial charge in [-0.15, -0.1) is 0 Å². The van der Waals surface area contributed by atoms with Crippen molar-refractivity contribution in [2.24, 2.45) is 4.99 Å². The minimum atomic E-state index is -0.154. The highest BCUT2D eigenvalue weighted by molar-refractivity contribution is 5.96. The SMILES string of the molecule is C=C(c1ccc(C(C)=O)cc1)C1CN=C(c2ccccc2)O1. The van der Waals surface area contributed by atoms with Gasteiger partial charge in [0, 0.05) is 11.1 Å². The Morgan fingerprint density at radius 3 is 2.36 bits per heavy atom. The fourth-order valence-electron chi connectivity index (χ4n) is 2.40. The second-order valence-electron chi connectivity index (χ2n) is 5.28. The summed E-state index contributed by atoms with van der Waals surface area (Å²) >= 11 is 0. The minimum Gasteiger partial charge on any atom is -0.467 e. The maximum absolute atomic E-state index is 11.3. The summed E-state index contributed by atoms with van der Waals surface area (Å²) in [6.45, 7) is 6.25. The van der Waals surface area contributed by atoms with E-state index in [0.717, 1.165) is 16.7 Å². The lowest BCUT2D eigenvalue weighted by Crippen LogP contribution is -2.15. The third-order valence-corrected chi connectivity index (χ3v) is 3.73. The van der Waals surface area contributed by atoms with Crippen molar-refractivity contribution in [2.75, 3.05) is 6.54 Å². The smallest absolute Gasteiger partial charge is 0.216 e. The first-order valence-corrected chi connectivity index (χ1v) is 7.22. The quantitative estimate of drug-likeness (QED) is 0.805. The Kier molecular flexibility index (Phi) is 3.88. The molecule has 1 atom stereocenters. The number of rotatable bonds is 4. The van der Waals surface area contributed by atoms with Crippen LogP contribution in [0, 0.1) is 0 Å². The van der Waals surface area contributed by atoms with Gasteiger partial charge in [-0.2, -0.15) is 0 Å². The molecule has 0 amide bonds. The van der Waals surface area contributed by atoms with Crippen molar-refractivity contribution < 1.29 is 9.53 Å². The zero-order valence-corrected chi connectivity index (χ0v) is 12.5. The van der Waals surface area contributed by atoms with E-state index in [1.807, 2.05) is 54.6 Å². The van der Waals surface area contributed by atoms with Crippen LogP contribution < -0.4 is 0 Å². The van der Waals surface area contributed by atoms with Crippen LogP contribution in [0.4, 0.5) is 0 Å². The van der Waals surface area contributed by atoms with E-state index in [1.165, 1.54) is 0 Å². The molecule has 1 aliphatic heterocycles. The van der Waals surface area contributed by atoms with Gasteiger partial charge in [0.25, 0.3) is 0 Å². The molecule has 22 heavy (non-hydrogen) atoms. The molecule has 1 unspecified atom stereocenters. The molecule has 0 aromatic heterocycles. The Morgan fingerprint density at radius 1 is 1.09 bits per heavy atom. The van der Waals surface area contributed by atoms with Crippen molar-refractivity contribution in [3.8, 4) is 0 Å². The molecule has 0 saturated carbocycles. The average Bonchev–Trinajstić information content (AvgIpc) is 3.05. The van der Waals surface area contributed by atoms with Crippen LogP contribution in [0.15, 0.2) is 66.2 Å². The number of ketones is 1. The number of hydrogen-bond donors (Lipinski definition) is 0. The van der Waals surface area contributed by atoms with E-state index in [1.54, 1.807) is 6.92 Å². The summed E-state index contributed by atoms with van der Waals surface area (Å²) in [5.74, 6) is 0.719. The molecule has 0 aliphatic carbocycles. The van der Waals surface area contributed by atoms with Gasteiger partial charge in [-0.05, 0) is 30.2 Å². The highest BCUT2D eigenvalue weighted by atomic mass is 16.5. The Morgan fingerprint density at radius 2 is 1.73 bits per heavy atom. The van der Waals surface area contributed by atoms with E-state index in [4.69, 9.17) is 4.74 Å². The predicted molar refractivity (Wildman–Crippen MR) is 88.2 cm³/mol. The van der Waals surface area contributed by atoms with E-state index in [0.29, 0.717) is 18.0 Å². The molecule has 1 aliphatic rings. The Labute approximate surface area is 130 Å². The van der Waals surface area contributed by atoms with Gasteiger partial charge >= 0.3 is 0 Å². The van der Waals surface area contributed by atoms with Crippen molar-refractivity contribution in [1.82, 2.24) is 0 Å². The molecule has 110 valence electrons. The topological polar surface area (TPSA) is 38.7 Å². The zero-order valence-electron chi connectivity index (χ0n) is 12.5. The summed E-state index contributed by atoms with van der Waals surface area (Å²) in [5, 5.41) is 0. The van der Waals surface area contributed by atoms with E-state index < -0.39 is 0 Å². The fourth-order valence-corrected chi connectivity index (χ4v) is 2.40. The number of carbonyl (C=O) groups is 1. The van der Waals surface area contributed by atoms with Gasteiger partial charge in [-0.3, -0.25) is 4.79 Å². The summed E-state index contributed by atoms with van der Waals surface area (Å²) in [6, 6.07) is 17.3. The number of ether oxygens (including phenoxy) is 1. The fraction of sp³-hybridized carbons (Fsp3) is 0.158. The summed E-state index contributed by atoms with van der Waals surface area (Å²) in [7, 11) is 0. The number of hydrogen-bond acceptors (Lipinski definition) is 3. The third kappa shape index (κ3) is 2.84. The molecular formula is C19H17NO2. The van der Waals surface area contributed by atoms with Gasteiger partial charge in [-0.1, -0.05) is 49.0 Å². The summed E-state index contributed by atoms with van der Waals surface area (Å²) < 4.78 is 5.92. The summed E-state index contributed by atoms with van der Waals surface area (Å²) in [6.07, 6.45) is -0.154. The zero-order chi connectivity index (χ0) is 15.5. The maximum Gasteiger partial charge on any atom is 0.216 e. The van der Waals surface area contributed by atoms with E-state index in [2.05, 4.69) is 11.6 Å². The lowest BCUT2D eigenvalue weighted by Gasteiger charge is -2.15. The second kappa shape index (κ2) is 5.98. The maximum atomic E-state index is 11.3. The van der Waals surface area contributed by atoms with Crippen molar-refractivity contribution in [3.63, 3.8) is 0 Å². The molecule has 1 heterocycles. The van der Waals surface area contributed by atoms with Crippen molar-refractivity contribution in [2.45, 2.75) is 13.0 Å². The molecule has 2 aromatic carbocycles. The van der Waals surface area contributed by atoms with E-state index in [9.17, 15) is 4.79 Å². The standard InChI is InChI=1S/C19H17NO2/c1-13(15-8-10-16(11-9-15)14(2)21)18-12-20-19(22-18)17-6-4-3-5-7-17/h3-11,18H,1,12H2,2H3. The summed E-state index contributed by atoms with van der Waals surface area (Å²) in [4.78, 5) is 15.8.